The van der Waals surface area contributed by atoms with Crippen molar-refractivity contribution < 1.29 is 4.79 Å². The van der Waals surface area contributed by atoms with E-state index in [-0.39, 0.29) is 17.1 Å². The summed E-state index contributed by atoms with van der Waals surface area (Å²) < 4.78 is 0. The maximum absolute atomic E-state index is 12.2. The smallest absolute Gasteiger partial charge is 0.146 e. The zero-order valence-electron chi connectivity index (χ0n) is 10.6. The number of nitrogens with two attached hydrogens (primary N) is 1. The van der Waals surface area contributed by atoms with Gasteiger partial charge in [-0.2, -0.15) is 0 Å². The van der Waals surface area contributed by atoms with E-state index in [1.807, 2.05) is 52.0 Å². The summed E-state index contributed by atoms with van der Waals surface area (Å²) in [6.45, 7) is 8.22. The Balaban J connectivity index is 2.99. The van der Waals surface area contributed by atoms with E-state index in [0.717, 1.165) is 5.56 Å². The zero-order chi connectivity index (χ0) is 12.3. The highest BCUT2D eigenvalue weighted by Gasteiger charge is 2.29. The number of hydrogen-bond acceptors (Lipinski definition) is 2. The summed E-state index contributed by atoms with van der Waals surface area (Å²) in [6.07, 6.45) is 0. The minimum absolute atomic E-state index is 0.180. The van der Waals surface area contributed by atoms with Gasteiger partial charge in [-0.3, -0.25) is 4.79 Å². The van der Waals surface area contributed by atoms with Gasteiger partial charge in [0.05, 0.1) is 5.92 Å². The zero-order valence-corrected chi connectivity index (χ0v) is 10.6. The first-order valence-electron chi connectivity index (χ1n) is 5.67. The maximum atomic E-state index is 12.2. The summed E-state index contributed by atoms with van der Waals surface area (Å²) in [5.41, 5.74) is 7.60. The lowest BCUT2D eigenvalue weighted by Gasteiger charge is -2.24. The van der Waals surface area contributed by atoms with Gasteiger partial charge in [-0.25, -0.2) is 0 Å². The highest BCUT2D eigenvalue weighted by atomic mass is 16.1. The van der Waals surface area contributed by atoms with Gasteiger partial charge in [0.2, 0.25) is 0 Å². The van der Waals surface area contributed by atoms with Crippen molar-refractivity contribution in [3.05, 3.63) is 35.4 Å². The van der Waals surface area contributed by atoms with Gasteiger partial charge in [0, 0.05) is 12.0 Å². The minimum atomic E-state index is -0.338. The van der Waals surface area contributed by atoms with E-state index in [2.05, 4.69) is 0 Å². The fraction of sp³-hybridized carbons (Fsp3) is 0.500. The van der Waals surface area contributed by atoms with Crippen LogP contribution >= 0.6 is 0 Å². The van der Waals surface area contributed by atoms with E-state index < -0.39 is 0 Å². The Kier molecular flexibility index (Phi) is 3.87. The summed E-state index contributed by atoms with van der Waals surface area (Å²) in [6, 6.07) is 8.04. The first-order valence-corrected chi connectivity index (χ1v) is 5.67. The Bertz CT molecular complexity index is 359. The molecule has 1 atom stereocenters. The summed E-state index contributed by atoms with van der Waals surface area (Å²) in [7, 11) is 0. The van der Waals surface area contributed by atoms with Gasteiger partial charge >= 0.3 is 0 Å². The summed E-state index contributed by atoms with van der Waals surface area (Å²) in [4.78, 5) is 12.2. The quantitative estimate of drug-likeness (QED) is 0.849. The molecule has 16 heavy (non-hydrogen) atoms. The molecule has 0 heterocycles. The van der Waals surface area contributed by atoms with Crippen LogP contribution in [0, 0.1) is 12.3 Å². The number of ketones is 1. The van der Waals surface area contributed by atoms with Gasteiger partial charge in [-0.15, -0.1) is 0 Å². The second kappa shape index (κ2) is 4.79. The number of benzene rings is 1. The van der Waals surface area contributed by atoms with E-state index >= 15 is 0 Å². The first-order chi connectivity index (χ1) is 7.36. The van der Waals surface area contributed by atoms with Crippen LogP contribution in [0.1, 0.15) is 37.8 Å². The molecule has 1 unspecified atom stereocenters. The summed E-state index contributed by atoms with van der Waals surface area (Å²) in [5.74, 6) is 0.0273. The van der Waals surface area contributed by atoms with Crippen LogP contribution in [0.4, 0.5) is 0 Å². The molecule has 0 aliphatic heterocycles. The Labute approximate surface area is 97.9 Å². The molecule has 0 spiro atoms. The average Bonchev–Trinajstić information content (AvgIpc) is 2.20. The van der Waals surface area contributed by atoms with Crippen molar-refractivity contribution in [2.45, 2.75) is 33.6 Å². The Morgan fingerprint density at radius 2 is 1.75 bits per heavy atom. The molecule has 0 fully saturated rings. The first kappa shape index (κ1) is 12.9. The maximum Gasteiger partial charge on any atom is 0.146 e. The van der Waals surface area contributed by atoms with E-state index in [1.54, 1.807) is 0 Å². The van der Waals surface area contributed by atoms with Crippen LogP contribution in [0.25, 0.3) is 0 Å². The lowest BCUT2D eigenvalue weighted by atomic mass is 9.80. The number of carbonyl (C=O) groups is 1. The van der Waals surface area contributed by atoms with E-state index in [1.165, 1.54) is 5.56 Å². The molecule has 0 bridgehead atoms. The molecule has 0 saturated carbocycles. The van der Waals surface area contributed by atoms with Crippen LogP contribution in [0.2, 0.25) is 0 Å². The topological polar surface area (TPSA) is 43.1 Å². The number of hydrogen-bond donors (Lipinski definition) is 1. The van der Waals surface area contributed by atoms with Crippen LogP contribution in [0.5, 0.6) is 0 Å². The summed E-state index contributed by atoms with van der Waals surface area (Å²) in [5, 5.41) is 0. The largest absolute Gasteiger partial charge is 0.329 e. The number of aryl methyl sites for hydroxylation is 1. The van der Waals surface area contributed by atoms with Crippen molar-refractivity contribution in [2.24, 2.45) is 11.1 Å². The Morgan fingerprint density at radius 1 is 1.25 bits per heavy atom. The second-order valence-electron chi connectivity index (χ2n) is 5.31. The molecule has 2 nitrogen and oxygen atoms in total. The standard InChI is InChI=1S/C14H21NO/c1-10-5-7-11(8-6-10)12(9-15)13(16)14(2,3)4/h5-8,12H,9,15H2,1-4H3. The molecule has 88 valence electrons. The molecule has 1 aromatic rings. The lowest BCUT2D eigenvalue weighted by Crippen LogP contribution is -2.31. The second-order valence-corrected chi connectivity index (χ2v) is 5.31. The van der Waals surface area contributed by atoms with Crippen LogP contribution in [-0.4, -0.2) is 12.3 Å². The average molecular weight is 219 g/mol. The summed E-state index contributed by atoms with van der Waals surface area (Å²) >= 11 is 0. The van der Waals surface area contributed by atoms with E-state index in [9.17, 15) is 4.79 Å². The molecule has 0 saturated heterocycles. The molecule has 0 amide bonds. The van der Waals surface area contributed by atoms with Crippen molar-refractivity contribution in [1.82, 2.24) is 0 Å². The molecular weight excluding hydrogens is 198 g/mol. The van der Waals surface area contributed by atoms with Gasteiger partial charge < -0.3 is 5.73 Å². The molecule has 0 radical (unpaired) electrons. The van der Waals surface area contributed by atoms with Crippen molar-refractivity contribution >= 4 is 5.78 Å². The van der Waals surface area contributed by atoms with Crippen LogP contribution in [-0.2, 0) is 4.79 Å². The third kappa shape index (κ3) is 2.92. The van der Waals surface area contributed by atoms with Crippen molar-refractivity contribution in [2.75, 3.05) is 6.54 Å². The SMILES string of the molecule is Cc1ccc(C(CN)C(=O)C(C)(C)C)cc1. The van der Waals surface area contributed by atoms with E-state index in [0.29, 0.717) is 6.54 Å². The molecule has 0 aromatic heterocycles. The highest BCUT2D eigenvalue weighted by molar-refractivity contribution is 5.90. The van der Waals surface area contributed by atoms with Gasteiger partial charge in [-0.05, 0) is 12.5 Å². The molecule has 1 aromatic carbocycles. The fourth-order valence-corrected chi connectivity index (χ4v) is 1.72. The minimum Gasteiger partial charge on any atom is -0.329 e. The normalized spacial score (nSPS) is 13.6. The number of rotatable bonds is 3. The highest BCUT2D eigenvalue weighted by Crippen LogP contribution is 2.26. The number of Topliss-reactive ketones (excluding diaryl/α,β-unsaturated/α-hetero) is 1. The van der Waals surface area contributed by atoms with Crippen LogP contribution < -0.4 is 5.73 Å². The van der Waals surface area contributed by atoms with E-state index in [4.69, 9.17) is 5.73 Å². The van der Waals surface area contributed by atoms with Gasteiger partial charge in [0.15, 0.2) is 0 Å². The van der Waals surface area contributed by atoms with Crippen molar-refractivity contribution in [1.29, 1.82) is 0 Å². The van der Waals surface area contributed by atoms with Crippen LogP contribution in [0.15, 0.2) is 24.3 Å². The van der Waals surface area contributed by atoms with Crippen molar-refractivity contribution in [3.63, 3.8) is 0 Å². The molecule has 2 heteroatoms. The Hall–Kier alpha value is -1.15. The predicted molar refractivity (Wildman–Crippen MR) is 67.4 cm³/mol. The third-order valence-electron chi connectivity index (χ3n) is 2.77. The third-order valence-corrected chi connectivity index (χ3v) is 2.77. The van der Waals surface area contributed by atoms with Gasteiger partial charge in [-0.1, -0.05) is 50.6 Å². The molecule has 2 N–H and O–H groups in total. The van der Waals surface area contributed by atoms with Crippen LogP contribution in [0.3, 0.4) is 0 Å². The lowest BCUT2D eigenvalue weighted by molar-refractivity contribution is -0.127. The van der Waals surface area contributed by atoms with Crippen molar-refractivity contribution in [3.8, 4) is 0 Å². The monoisotopic (exact) mass is 219 g/mol. The molecule has 1 rings (SSSR count). The van der Waals surface area contributed by atoms with Gasteiger partial charge in [0.25, 0.3) is 0 Å². The number of carbonyl (C=O) groups excluding carboxylic acids is 1. The van der Waals surface area contributed by atoms with Gasteiger partial charge in [0.1, 0.15) is 5.78 Å². The fourth-order valence-electron chi connectivity index (χ4n) is 1.72. The molecular formula is C14H21NO. The Morgan fingerprint density at radius 3 is 2.12 bits per heavy atom. The molecule has 0 aliphatic rings. The predicted octanol–water partition coefficient (Wildman–Crippen LogP) is 2.65. The molecule has 0 aliphatic carbocycles.